The molecule has 1 atom stereocenters. The summed E-state index contributed by atoms with van der Waals surface area (Å²) in [6, 6.07) is -0.118. The maximum Gasteiger partial charge on any atom is 0.326 e. The molecular formula is C13H14F3NO3. The predicted octanol–water partition coefficient (Wildman–Crippen LogP) is 2.48. The van der Waals surface area contributed by atoms with Gasteiger partial charge in [-0.1, -0.05) is 19.8 Å². The Balaban J connectivity index is 2.95. The fourth-order valence-electron chi connectivity index (χ4n) is 1.63. The van der Waals surface area contributed by atoms with E-state index in [9.17, 15) is 22.8 Å². The summed E-state index contributed by atoms with van der Waals surface area (Å²) in [5.41, 5.74) is -1.12. The third-order valence-corrected chi connectivity index (χ3v) is 2.72. The molecule has 2 N–H and O–H groups in total. The van der Waals surface area contributed by atoms with Crippen LogP contribution in [-0.4, -0.2) is 23.0 Å². The molecule has 20 heavy (non-hydrogen) atoms. The number of nitrogens with one attached hydrogen (secondary N) is 1. The lowest BCUT2D eigenvalue weighted by atomic mass is 10.1. The van der Waals surface area contributed by atoms with E-state index < -0.39 is 40.9 Å². The van der Waals surface area contributed by atoms with Gasteiger partial charge < -0.3 is 10.4 Å². The topological polar surface area (TPSA) is 66.4 Å². The molecule has 0 spiro atoms. The van der Waals surface area contributed by atoms with Gasteiger partial charge in [-0.15, -0.1) is 0 Å². The van der Waals surface area contributed by atoms with Crippen LogP contribution in [0.2, 0.25) is 0 Å². The maximum atomic E-state index is 13.4. The third-order valence-electron chi connectivity index (χ3n) is 2.72. The zero-order chi connectivity index (χ0) is 15.3. The minimum atomic E-state index is -1.64. The van der Waals surface area contributed by atoms with Crippen molar-refractivity contribution in [2.24, 2.45) is 0 Å². The Kier molecular flexibility index (Phi) is 5.54. The van der Waals surface area contributed by atoms with E-state index in [4.69, 9.17) is 5.11 Å². The van der Waals surface area contributed by atoms with Crippen molar-refractivity contribution in [1.29, 1.82) is 0 Å². The number of aliphatic carboxylic acids is 1. The summed E-state index contributed by atoms with van der Waals surface area (Å²) in [6.45, 7) is 1.83. The number of carbonyl (C=O) groups excluding carboxylic acids is 1. The van der Waals surface area contributed by atoms with Gasteiger partial charge >= 0.3 is 5.97 Å². The number of hydrogen-bond donors (Lipinski definition) is 2. The number of carboxylic acid groups (broad SMARTS) is 1. The first-order chi connectivity index (χ1) is 9.38. The first-order valence-electron chi connectivity index (χ1n) is 6.05. The quantitative estimate of drug-likeness (QED) is 0.791. The van der Waals surface area contributed by atoms with Crippen LogP contribution < -0.4 is 5.32 Å². The minimum absolute atomic E-state index is 0.121. The molecule has 0 unspecified atom stereocenters. The lowest BCUT2D eigenvalue weighted by molar-refractivity contribution is -0.139. The third kappa shape index (κ3) is 3.72. The van der Waals surface area contributed by atoms with Gasteiger partial charge in [0.1, 0.15) is 17.4 Å². The van der Waals surface area contributed by atoms with Gasteiger partial charge in [0, 0.05) is 0 Å². The molecule has 4 nitrogen and oxygen atoms in total. The van der Waals surface area contributed by atoms with Crippen LogP contribution in [-0.2, 0) is 4.79 Å². The zero-order valence-electron chi connectivity index (χ0n) is 10.8. The Morgan fingerprint density at radius 3 is 2.40 bits per heavy atom. The number of amides is 1. The average Bonchev–Trinajstić information content (AvgIpc) is 2.39. The smallest absolute Gasteiger partial charge is 0.326 e. The summed E-state index contributed by atoms with van der Waals surface area (Å²) >= 11 is 0. The molecule has 1 amide bonds. The number of rotatable bonds is 6. The summed E-state index contributed by atoms with van der Waals surface area (Å²) in [5, 5.41) is 10.9. The first kappa shape index (κ1) is 16.0. The lowest BCUT2D eigenvalue weighted by Crippen LogP contribution is -2.41. The normalized spacial score (nSPS) is 12.0. The molecule has 1 aromatic rings. The molecule has 0 fully saturated rings. The second kappa shape index (κ2) is 6.93. The molecule has 0 bridgehead atoms. The van der Waals surface area contributed by atoms with Crippen molar-refractivity contribution < 1.29 is 27.9 Å². The van der Waals surface area contributed by atoms with Gasteiger partial charge in [0.05, 0.1) is 0 Å². The number of benzene rings is 1. The van der Waals surface area contributed by atoms with E-state index in [1.807, 2.05) is 12.2 Å². The summed E-state index contributed by atoms with van der Waals surface area (Å²) in [5.74, 6) is -6.87. The molecule has 1 rings (SSSR count). The number of hydrogen-bond acceptors (Lipinski definition) is 2. The van der Waals surface area contributed by atoms with Gasteiger partial charge in [-0.05, 0) is 18.6 Å². The van der Waals surface area contributed by atoms with E-state index in [0.29, 0.717) is 25.0 Å². The SMILES string of the molecule is CCCC[C@H](NC(=O)c1c(F)ccc(F)c1F)C(=O)O. The van der Waals surface area contributed by atoms with E-state index in [-0.39, 0.29) is 6.42 Å². The summed E-state index contributed by atoms with van der Waals surface area (Å²) in [6.07, 6.45) is 1.34. The molecule has 0 aromatic heterocycles. The lowest BCUT2D eigenvalue weighted by Gasteiger charge is -2.14. The van der Waals surface area contributed by atoms with Crippen LogP contribution in [0, 0.1) is 17.5 Å². The van der Waals surface area contributed by atoms with Crippen molar-refractivity contribution in [2.75, 3.05) is 0 Å². The summed E-state index contributed by atoms with van der Waals surface area (Å²) in [7, 11) is 0. The molecule has 1 aromatic carbocycles. The molecule has 0 heterocycles. The first-order valence-corrected chi connectivity index (χ1v) is 6.05. The van der Waals surface area contributed by atoms with Crippen molar-refractivity contribution in [3.63, 3.8) is 0 Å². The molecule has 0 aliphatic carbocycles. The van der Waals surface area contributed by atoms with E-state index in [2.05, 4.69) is 0 Å². The molecule has 0 aliphatic rings. The second-order valence-corrected chi connectivity index (χ2v) is 4.22. The van der Waals surface area contributed by atoms with Gasteiger partial charge in [0.25, 0.3) is 5.91 Å². The van der Waals surface area contributed by atoms with Crippen molar-refractivity contribution in [2.45, 2.75) is 32.2 Å². The Bertz CT molecular complexity index is 520. The van der Waals surface area contributed by atoms with Crippen molar-refractivity contribution in [3.05, 3.63) is 35.1 Å². The van der Waals surface area contributed by atoms with Gasteiger partial charge in [0.15, 0.2) is 11.6 Å². The summed E-state index contributed by atoms with van der Waals surface area (Å²) < 4.78 is 39.7. The molecule has 0 radical (unpaired) electrons. The second-order valence-electron chi connectivity index (χ2n) is 4.22. The zero-order valence-corrected chi connectivity index (χ0v) is 10.8. The van der Waals surface area contributed by atoms with Gasteiger partial charge in [-0.25, -0.2) is 18.0 Å². The highest BCUT2D eigenvalue weighted by molar-refractivity contribution is 5.97. The molecule has 0 aliphatic heterocycles. The van der Waals surface area contributed by atoms with Crippen molar-refractivity contribution >= 4 is 11.9 Å². The van der Waals surface area contributed by atoms with Crippen LogP contribution in [0.3, 0.4) is 0 Å². The van der Waals surface area contributed by atoms with Crippen LogP contribution in [0.4, 0.5) is 13.2 Å². The Labute approximate surface area is 113 Å². The number of carboxylic acids is 1. The monoisotopic (exact) mass is 289 g/mol. The molecule has 110 valence electrons. The molecule has 0 saturated heterocycles. The Morgan fingerprint density at radius 2 is 1.85 bits per heavy atom. The molecule has 7 heteroatoms. The fourth-order valence-corrected chi connectivity index (χ4v) is 1.63. The van der Waals surface area contributed by atoms with E-state index in [0.717, 1.165) is 0 Å². The van der Waals surface area contributed by atoms with Crippen molar-refractivity contribution in [3.8, 4) is 0 Å². The molecule has 0 saturated carbocycles. The van der Waals surface area contributed by atoms with E-state index in [1.54, 1.807) is 0 Å². The van der Waals surface area contributed by atoms with Crippen molar-refractivity contribution in [1.82, 2.24) is 5.32 Å². The highest BCUT2D eigenvalue weighted by Gasteiger charge is 2.25. The Hall–Kier alpha value is -2.05. The van der Waals surface area contributed by atoms with Crippen LogP contribution in [0.25, 0.3) is 0 Å². The Morgan fingerprint density at radius 1 is 1.25 bits per heavy atom. The highest BCUT2D eigenvalue weighted by atomic mass is 19.2. The number of carbonyl (C=O) groups is 2. The van der Waals surface area contributed by atoms with Crippen LogP contribution in [0.15, 0.2) is 12.1 Å². The number of unbranched alkanes of at least 4 members (excludes halogenated alkanes) is 1. The standard InChI is InChI=1S/C13H14F3NO3/c1-2-3-4-9(13(19)20)17-12(18)10-7(14)5-6-8(15)11(10)16/h5-6,9H,2-4H2,1H3,(H,17,18)(H,19,20)/t9-/m0/s1. The van der Waals surface area contributed by atoms with Crippen LogP contribution in [0.1, 0.15) is 36.5 Å². The number of halogens is 3. The van der Waals surface area contributed by atoms with Gasteiger partial charge in [-0.3, -0.25) is 4.79 Å². The minimum Gasteiger partial charge on any atom is -0.480 e. The average molecular weight is 289 g/mol. The highest BCUT2D eigenvalue weighted by Crippen LogP contribution is 2.16. The predicted molar refractivity (Wildman–Crippen MR) is 64.7 cm³/mol. The fraction of sp³-hybridized carbons (Fsp3) is 0.385. The summed E-state index contributed by atoms with van der Waals surface area (Å²) in [4.78, 5) is 22.6. The maximum absolute atomic E-state index is 13.4. The largest absolute Gasteiger partial charge is 0.480 e. The van der Waals surface area contributed by atoms with Crippen LogP contribution in [0.5, 0.6) is 0 Å². The molecular weight excluding hydrogens is 275 g/mol. The van der Waals surface area contributed by atoms with E-state index >= 15 is 0 Å². The van der Waals surface area contributed by atoms with Gasteiger partial charge in [-0.2, -0.15) is 0 Å². The van der Waals surface area contributed by atoms with Crippen LogP contribution >= 0.6 is 0 Å². The van der Waals surface area contributed by atoms with Gasteiger partial charge in [0.2, 0.25) is 0 Å². The van der Waals surface area contributed by atoms with E-state index in [1.165, 1.54) is 0 Å².